The van der Waals surface area contributed by atoms with Gasteiger partial charge >= 0.3 is 0 Å². The molecule has 2 aliphatic carbocycles. The molecule has 2 spiro atoms. The second-order valence-electron chi connectivity index (χ2n) is 13.7. The Kier molecular flexibility index (Phi) is 6.56. The monoisotopic (exact) mass is 607 g/mol. The quantitative estimate of drug-likeness (QED) is 0.296. The van der Waals surface area contributed by atoms with Crippen LogP contribution in [0, 0.1) is 10.8 Å². The molecule has 1 aromatic carbocycles. The van der Waals surface area contributed by atoms with E-state index in [2.05, 4.69) is 45.9 Å². The summed E-state index contributed by atoms with van der Waals surface area (Å²) in [6.45, 7) is 8.68. The minimum atomic E-state index is -1.76. The first-order chi connectivity index (χ1) is 22.2. The molecule has 8 rings (SSSR count). The number of aromatic nitrogens is 5. The number of nitrogens with zero attached hydrogens (tertiary/aromatic N) is 7. The van der Waals surface area contributed by atoms with Crippen LogP contribution >= 0.6 is 0 Å². The zero-order valence-corrected chi connectivity index (χ0v) is 26.0. The van der Waals surface area contributed by atoms with Crippen LogP contribution in [0.2, 0.25) is 0 Å². The number of hydrogen-bond acceptors (Lipinski definition) is 8. The Bertz CT molecular complexity index is 1860. The summed E-state index contributed by atoms with van der Waals surface area (Å²) < 4.78 is 12.1. The predicted octanol–water partition coefficient (Wildman–Crippen LogP) is 4.98. The summed E-state index contributed by atoms with van der Waals surface area (Å²) in [6.07, 6.45) is 9.77. The SMILES string of the molecule is [2H][C@]1(O)c2nc(-n3c4nc(Nc5ccc(N6CCC7(CCN(C)CC7)CC6)cc5)ncc4c(=O)n3CC=C)ccc2CCC12CC2. The van der Waals surface area contributed by atoms with E-state index in [-0.39, 0.29) is 12.1 Å². The lowest BCUT2D eigenvalue weighted by atomic mass is 9.71. The Labute approximate surface area is 264 Å². The number of rotatable bonds is 6. The van der Waals surface area contributed by atoms with Crippen LogP contribution in [0.15, 0.2) is 60.0 Å². The number of aryl methyl sites for hydroxylation is 1. The van der Waals surface area contributed by atoms with Gasteiger partial charge in [0, 0.05) is 36.1 Å². The molecule has 4 aliphatic rings. The highest BCUT2D eigenvalue weighted by atomic mass is 16.3. The number of fused-ring (bicyclic) bond motifs is 2. The van der Waals surface area contributed by atoms with Gasteiger partial charge in [0.05, 0.1) is 13.6 Å². The van der Waals surface area contributed by atoms with Gasteiger partial charge in [0.1, 0.15) is 11.5 Å². The molecule has 0 unspecified atom stereocenters. The van der Waals surface area contributed by atoms with E-state index in [9.17, 15) is 9.90 Å². The molecule has 45 heavy (non-hydrogen) atoms. The first kappa shape index (κ1) is 27.3. The molecular weight excluding hydrogens is 564 g/mol. The zero-order chi connectivity index (χ0) is 31.7. The highest BCUT2D eigenvalue weighted by molar-refractivity contribution is 5.77. The molecule has 0 amide bonds. The van der Waals surface area contributed by atoms with E-state index in [1.807, 2.05) is 24.3 Å². The molecule has 2 saturated heterocycles. The number of pyridine rings is 1. The van der Waals surface area contributed by atoms with Gasteiger partial charge in [-0.15, -0.1) is 6.58 Å². The van der Waals surface area contributed by atoms with Crippen LogP contribution in [-0.2, 0) is 13.0 Å². The van der Waals surface area contributed by atoms with Gasteiger partial charge in [0.15, 0.2) is 11.5 Å². The fourth-order valence-corrected chi connectivity index (χ4v) is 7.71. The van der Waals surface area contributed by atoms with Crippen molar-refractivity contribution in [2.45, 2.75) is 64.0 Å². The number of hydrogen-bond donors (Lipinski definition) is 2. The van der Waals surface area contributed by atoms with Crippen LogP contribution in [0.1, 0.15) is 63.7 Å². The van der Waals surface area contributed by atoms with E-state index in [1.54, 1.807) is 17.0 Å². The standard InChI is InChI=1S/C35H42N8O2/c1-3-18-42-32(45)27-23-36-33(39-31(27)43(42)28-9-4-24-10-11-35(12-13-35)30(44)29(24)38-28)37-25-5-7-26(8-6-25)41-21-16-34(17-22-41)14-19-40(2)20-15-34/h3-9,23,30,44H,1,10-22H2,2H3,(H,36,37,39)/t30-/m0/s1/i30D. The molecule has 0 radical (unpaired) electrons. The normalized spacial score (nSPS) is 24.0. The molecule has 0 bridgehead atoms. The van der Waals surface area contributed by atoms with Crippen molar-refractivity contribution in [3.8, 4) is 5.82 Å². The fourth-order valence-electron chi connectivity index (χ4n) is 7.71. The Morgan fingerprint density at radius 2 is 1.76 bits per heavy atom. The Morgan fingerprint density at radius 3 is 2.47 bits per heavy atom. The number of likely N-dealkylation sites (tertiary alicyclic amines) is 1. The third-order valence-electron chi connectivity index (χ3n) is 11.0. The largest absolute Gasteiger partial charge is 0.386 e. The van der Waals surface area contributed by atoms with Gasteiger partial charge in [-0.3, -0.25) is 4.79 Å². The number of piperidine rings is 2. The van der Waals surface area contributed by atoms with E-state index in [0.29, 0.717) is 33.9 Å². The summed E-state index contributed by atoms with van der Waals surface area (Å²) >= 11 is 0. The molecule has 2 aliphatic heterocycles. The molecule has 3 aromatic heterocycles. The van der Waals surface area contributed by atoms with Crippen LogP contribution in [0.4, 0.5) is 17.3 Å². The summed E-state index contributed by atoms with van der Waals surface area (Å²) in [6, 6.07) is 12.1. The minimum Gasteiger partial charge on any atom is -0.386 e. The van der Waals surface area contributed by atoms with E-state index >= 15 is 0 Å². The third-order valence-corrected chi connectivity index (χ3v) is 11.0. The topological polar surface area (TPSA) is 104 Å². The van der Waals surface area contributed by atoms with Crippen molar-refractivity contribution in [1.82, 2.24) is 29.2 Å². The smallest absolute Gasteiger partial charge is 0.278 e. The maximum atomic E-state index is 13.5. The van der Waals surface area contributed by atoms with Crippen molar-refractivity contribution in [3.05, 3.63) is 76.9 Å². The van der Waals surface area contributed by atoms with Crippen molar-refractivity contribution in [2.75, 3.05) is 43.4 Å². The van der Waals surface area contributed by atoms with Gasteiger partial charge in [0.2, 0.25) is 5.95 Å². The predicted molar refractivity (Wildman–Crippen MR) is 176 cm³/mol. The molecule has 2 N–H and O–H groups in total. The van der Waals surface area contributed by atoms with Crippen molar-refractivity contribution in [2.24, 2.45) is 10.8 Å². The van der Waals surface area contributed by atoms with Gasteiger partial charge in [-0.05, 0) is 113 Å². The van der Waals surface area contributed by atoms with E-state index in [1.165, 1.54) is 49.1 Å². The molecule has 3 fully saturated rings. The summed E-state index contributed by atoms with van der Waals surface area (Å²) in [5.41, 5.74) is 3.55. The van der Waals surface area contributed by atoms with Gasteiger partial charge in [-0.1, -0.05) is 12.1 Å². The van der Waals surface area contributed by atoms with Crippen molar-refractivity contribution in [1.29, 1.82) is 0 Å². The summed E-state index contributed by atoms with van der Waals surface area (Å²) in [4.78, 5) is 32.5. The highest BCUT2D eigenvalue weighted by Crippen LogP contribution is 2.60. The Hall–Kier alpha value is -4.02. The lowest BCUT2D eigenvalue weighted by molar-refractivity contribution is 0.0734. The van der Waals surface area contributed by atoms with Crippen molar-refractivity contribution in [3.63, 3.8) is 0 Å². The summed E-state index contributed by atoms with van der Waals surface area (Å²) in [7, 11) is 2.23. The highest BCUT2D eigenvalue weighted by Gasteiger charge is 2.52. The molecule has 5 heterocycles. The number of allylic oxidation sites excluding steroid dienone is 1. The van der Waals surface area contributed by atoms with Crippen LogP contribution in [-0.4, -0.2) is 67.5 Å². The van der Waals surface area contributed by atoms with Crippen molar-refractivity contribution < 1.29 is 6.48 Å². The average molecular weight is 608 g/mol. The maximum Gasteiger partial charge on any atom is 0.278 e. The summed E-state index contributed by atoms with van der Waals surface area (Å²) in [5.74, 6) is 0.785. The second kappa shape index (κ2) is 10.8. The molecule has 10 heteroatoms. The zero-order valence-electron chi connectivity index (χ0n) is 27.0. The number of aliphatic hydroxyl groups is 1. The second-order valence-corrected chi connectivity index (χ2v) is 13.7. The fraction of sp³-hybridized carbons (Fsp3) is 0.486. The van der Waals surface area contributed by atoms with Gasteiger partial charge in [-0.2, -0.15) is 4.98 Å². The molecule has 234 valence electrons. The molecule has 4 aromatic rings. The van der Waals surface area contributed by atoms with Crippen LogP contribution in [0.3, 0.4) is 0 Å². The number of anilines is 3. The van der Waals surface area contributed by atoms with E-state index < -0.39 is 11.5 Å². The lowest BCUT2D eigenvalue weighted by Crippen LogP contribution is -2.46. The van der Waals surface area contributed by atoms with Crippen LogP contribution in [0.25, 0.3) is 16.9 Å². The van der Waals surface area contributed by atoms with Crippen LogP contribution in [0.5, 0.6) is 0 Å². The van der Waals surface area contributed by atoms with E-state index in [0.717, 1.165) is 50.0 Å². The summed E-state index contributed by atoms with van der Waals surface area (Å²) in [5, 5.41) is 15.0. The minimum absolute atomic E-state index is 0.238. The first-order valence-electron chi connectivity index (χ1n) is 16.8. The molecule has 1 saturated carbocycles. The Morgan fingerprint density at radius 1 is 1.02 bits per heavy atom. The van der Waals surface area contributed by atoms with Gasteiger partial charge < -0.3 is 20.2 Å². The third kappa shape index (κ3) is 4.95. The van der Waals surface area contributed by atoms with Crippen LogP contribution < -0.4 is 15.8 Å². The van der Waals surface area contributed by atoms with Gasteiger partial charge in [-0.25, -0.2) is 19.3 Å². The Balaban J connectivity index is 1.06. The number of nitrogens with one attached hydrogen (secondary N) is 1. The average Bonchev–Trinajstić information content (AvgIpc) is 3.82. The lowest BCUT2D eigenvalue weighted by Gasteiger charge is -2.46. The number of benzene rings is 1. The van der Waals surface area contributed by atoms with E-state index in [4.69, 9.17) is 11.3 Å². The first-order valence-corrected chi connectivity index (χ1v) is 16.3. The maximum absolute atomic E-state index is 13.5. The van der Waals surface area contributed by atoms with Crippen molar-refractivity contribution >= 4 is 28.4 Å². The molecule has 10 nitrogen and oxygen atoms in total. The molecule has 1 atom stereocenters. The molecular formula is C35H42N8O2. The van der Waals surface area contributed by atoms with Gasteiger partial charge in [0.25, 0.3) is 5.56 Å².